The maximum atomic E-state index is 14.0. The minimum absolute atomic E-state index is 0.0368. The Bertz CT molecular complexity index is 1660. The largest absolute Gasteiger partial charge is 0.383 e. The predicted octanol–water partition coefficient (Wildman–Crippen LogP) is 4.53. The number of amides is 2. The summed E-state index contributed by atoms with van der Waals surface area (Å²) in [5.74, 6) is 1.14. The topological polar surface area (TPSA) is 119 Å². The van der Waals surface area contributed by atoms with Crippen molar-refractivity contribution < 1.29 is 9.59 Å². The summed E-state index contributed by atoms with van der Waals surface area (Å²) in [5, 5.41) is 4.68. The molecule has 9 nitrogen and oxygen atoms in total. The number of nitrogens with two attached hydrogens (primary N) is 1. The van der Waals surface area contributed by atoms with Crippen LogP contribution in [0.1, 0.15) is 49.7 Å². The third kappa shape index (κ3) is 3.68. The highest BCUT2D eigenvalue weighted by Crippen LogP contribution is 2.59. The normalized spacial score (nSPS) is 24.1. The van der Waals surface area contributed by atoms with E-state index < -0.39 is 6.04 Å². The molecule has 2 saturated carbocycles. The summed E-state index contributed by atoms with van der Waals surface area (Å²) >= 11 is 3.35. The Morgan fingerprint density at radius 1 is 1.21 bits per heavy atom. The highest BCUT2D eigenvalue weighted by Gasteiger charge is 2.64. The molecule has 0 spiro atoms. The molecule has 0 radical (unpaired) electrons. The fourth-order valence-corrected chi connectivity index (χ4v) is 6.73. The van der Waals surface area contributed by atoms with E-state index in [1.165, 1.54) is 24.7 Å². The van der Waals surface area contributed by atoms with Gasteiger partial charge in [-0.05, 0) is 89.2 Å². The average Bonchev–Trinajstić information content (AvgIpc) is 3.77. The van der Waals surface area contributed by atoms with Crippen molar-refractivity contribution in [2.45, 2.75) is 64.1 Å². The van der Waals surface area contributed by atoms with Crippen molar-refractivity contribution >= 4 is 61.3 Å². The van der Waals surface area contributed by atoms with Gasteiger partial charge in [-0.15, -0.1) is 0 Å². The summed E-state index contributed by atoms with van der Waals surface area (Å²) in [5.41, 5.74) is 10.3. The minimum atomic E-state index is -0.553. The van der Waals surface area contributed by atoms with E-state index in [-0.39, 0.29) is 29.8 Å². The van der Waals surface area contributed by atoms with E-state index in [2.05, 4.69) is 62.2 Å². The molecule has 3 fully saturated rings. The predicted molar refractivity (Wildman–Crippen MR) is 148 cm³/mol. The Labute approximate surface area is 227 Å². The number of likely N-dealkylation sites (tertiary alicyclic amines) is 1. The van der Waals surface area contributed by atoms with Crippen LogP contribution >= 0.6 is 15.9 Å². The number of fused-ring (bicyclic) bond motifs is 4. The van der Waals surface area contributed by atoms with Crippen molar-refractivity contribution in [3.63, 3.8) is 0 Å². The van der Waals surface area contributed by atoms with Crippen LogP contribution in [-0.4, -0.2) is 48.3 Å². The minimum Gasteiger partial charge on any atom is -0.383 e. The van der Waals surface area contributed by atoms with Crippen molar-refractivity contribution in [1.82, 2.24) is 24.4 Å². The smallest absolute Gasteiger partial charge is 0.248 e. The average molecular weight is 574 g/mol. The number of anilines is 2. The van der Waals surface area contributed by atoms with Crippen LogP contribution in [-0.2, 0) is 16.1 Å². The van der Waals surface area contributed by atoms with Crippen LogP contribution in [0.4, 0.5) is 11.6 Å². The van der Waals surface area contributed by atoms with E-state index in [0.29, 0.717) is 34.2 Å². The molecule has 1 aromatic carbocycles. The quantitative estimate of drug-likeness (QED) is 0.338. The maximum absolute atomic E-state index is 14.0. The lowest BCUT2D eigenvalue weighted by Crippen LogP contribution is -2.46. The zero-order chi connectivity index (χ0) is 26.3. The van der Waals surface area contributed by atoms with Crippen molar-refractivity contribution in [2.75, 3.05) is 11.1 Å². The van der Waals surface area contributed by atoms with E-state index in [4.69, 9.17) is 5.73 Å². The van der Waals surface area contributed by atoms with Gasteiger partial charge in [-0.3, -0.25) is 9.59 Å². The number of aryl methyl sites for hydroxylation is 1. The van der Waals surface area contributed by atoms with Crippen molar-refractivity contribution in [1.29, 1.82) is 0 Å². The zero-order valence-electron chi connectivity index (χ0n) is 21.2. The Hall–Kier alpha value is -3.53. The summed E-state index contributed by atoms with van der Waals surface area (Å²) in [6, 6.07) is 9.27. The number of nitrogen functional groups attached to an aromatic ring is 1. The molecule has 1 saturated heterocycles. The molecule has 3 atom stereocenters. The Morgan fingerprint density at radius 3 is 2.79 bits per heavy atom. The molecule has 4 aromatic rings. The van der Waals surface area contributed by atoms with E-state index in [1.54, 1.807) is 17.0 Å². The molecular weight excluding hydrogens is 546 g/mol. The van der Waals surface area contributed by atoms with Gasteiger partial charge in [0.1, 0.15) is 40.8 Å². The van der Waals surface area contributed by atoms with Crippen LogP contribution in [0.2, 0.25) is 0 Å². The first-order valence-electron chi connectivity index (χ1n) is 13.0. The lowest BCUT2D eigenvalue weighted by molar-refractivity contribution is -0.138. The second-order valence-electron chi connectivity index (χ2n) is 11.3. The van der Waals surface area contributed by atoms with Gasteiger partial charge in [0.15, 0.2) is 0 Å². The van der Waals surface area contributed by atoms with Gasteiger partial charge in [-0.2, -0.15) is 0 Å². The van der Waals surface area contributed by atoms with Crippen molar-refractivity contribution in [3.05, 3.63) is 52.4 Å². The molecular formula is C28H28BrN7O2. The number of hydrogen-bond donors (Lipinski definition) is 2. The Balaban J connectivity index is 1.25. The molecule has 1 aliphatic heterocycles. The van der Waals surface area contributed by atoms with Gasteiger partial charge >= 0.3 is 0 Å². The summed E-state index contributed by atoms with van der Waals surface area (Å²) < 4.78 is 2.59. The monoisotopic (exact) mass is 573 g/mol. The fraction of sp³-hybridized carbons (Fsp3) is 0.393. The second kappa shape index (κ2) is 8.23. The van der Waals surface area contributed by atoms with Crippen LogP contribution in [0.3, 0.4) is 0 Å². The fourth-order valence-electron chi connectivity index (χ4n) is 6.39. The summed E-state index contributed by atoms with van der Waals surface area (Å²) in [6.45, 7) is 4.30. The number of rotatable bonds is 5. The molecule has 2 aliphatic carbocycles. The van der Waals surface area contributed by atoms with Gasteiger partial charge in [0.05, 0.1) is 10.9 Å². The Kier molecular flexibility index (Phi) is 5.11. The number of piperidine rings is 1. The first kappa shape index (κ1) is 23.6. The molecule has 3 aromatic heterocycles. The number of nitrogens with one attached hydrogen (secondary N) is 1. The molecule has 3 unspecified atom stereocenters. The van der Waals surface area contributed by atoms with Gasteiger partial charge in [0.2, 0.25) is 11.8 Å². The third-order valence-corrected chi connectivity index (χ3v) is 8.95. The number of hydrogen-bond acceptors (Lipinski definition) is 6. The number of carbonyl (C=O) groups excluding carboxylic acids is 2. The van der Waals surface area contributed by atoms with Gasteiger partial charge in [-0.1, -0.05) is 19.1 Å². The maximum Gasteiger partial charge on any atom is 0.248 e. The molecule has 3 N–H and O–H groups in total. The highest BCUT2D eigenvalue weighted by atomic mass is 79.9. The third-order valence-electron chi connectivity index (χ3n) is 8.51. The molecule has 38 heavy (non-hydrogen) atoms. The summed E-state index contributed by atoms with van der Waals surface area (Å²) in [4.78, 5) is 42.3. The van der Waals surface area contributed by atoms with Crippen LogP contribution in [0, 0.1) is 12.3 Å². The molecule has 194 valence electrons. The lowest BCUT2D eigenvalue weighted by Gasteiger charge is -2.27. The van der Waals surface area contributed by atoms with Gasteiger partial charge in [0, 0.05) is 11.4 Å². The lowest BCUT2D eigenvalue weighted by atomic mass is 10.0. The standard InChI is InChI=1S/C28H28BrN7O2/c1-14-8-16(15-6-7-15)9-17-23-25(30)31-13-32-26(23)35(24(14)17)12-22(37)36-18(10-28(2)11-19(28)36)27(38)34-21-5-3-4-20(29)33-21/h3-5,8-9,13,15,18-19H,6-7,10-12H2,1-2H3,(H2,30,31,32)(H,33,34,38). The van der Waals surface area contributed by atoms with Crippen LogP contribution < -0.4 is 11.1 Å². The highest BCUT2D eigenvalue weighted by molar-refractivity contribution is 9.10. The zero-order valence-corrected chi connectivity index (χ0v) is 22.8. The van der Waals surface area contributed by atoms with Gasteiger partial charge in [-0.25, -0.2) is 15.0 Å². The molecule has 10 heteroatoms. The number of carbonyl (C=O) groups is 2. The van der Waals surface area contributed by atoms with E-state index in [1.807, 2.05) is 10.6 Å². The summed E-state index contributed by atoms with van der Waals surface area (Å²) in [7, 11) is 0. The van der Waals surface area contributed by atoms with Crippen molar-refractivity contribution in [2.24, 2.45) is 5.41 Å². The summed E-state index contributed by atoms with van der Waals surface area (Å²) in [6.07, 6.45) is 5.38. The molecule has 7 rings (SSSR count). The van der Waals surface area contributed by atoms with E-state index in [0.717, 1.165) is 28.3 Å². The number of halogens is 1. The molecule has 4 heterocycles. The number of pyridine rings is 1. The van der Waals surface area contributed by atoms with Gasteiger partial charge < -0.3 is 20.5 Å². The second-order valence-corrected chi connectivity index (χ2v) is 12.1. The molecule has 2 amide bonds. The Morgan fingerprint density at radius 2 is 2.03 bits per heavy atom. The molecule has 3 aliphatic rings. The first-order chi connectivity index (χ1) is 18.2. The van der Waals surface area contributed by atoms with Crippen molar-refractivity contribution in [3.8, 4) is 0 Å². The van der Waals surface area contributed by atoms with Gasteiger partial charge in [0.25, 0.3) is 0 Å². The number of nitrogens with zero attached hydrogens (tertiary/aromatic N) is 5. The van der Waals surface area contributed by atoms with Crippen LogP contribution in [0.15, 0.2) is 41.3 Å². The van der Waals surface area contributed by atoms with Crippen LogP contribution in [0.25, 0.3) is 21.9 Å². The van der Waals surface area contributed by atoms with Crippen LogP contribution in [0.5, 0.6) is 0 Å². The SMILES string of the molecule is Cc1cc(C2CC2)cc2c3c(N)ncnc3n(CC(=O)N3C(C(=O)Nc4cccc(Br)n4)CC4(C)CC34)c12. The first-order valence-corrected chi connectivity index (χ1v) is 13.8. The van der Waals surface area contributed by atoms with E-state index >= 15 is 0 Å². The molecule has 0 bridgehead atoms. The number of benzene rings is 1. The number of aromatic nitrogens is 4. The van der Waals surface area contributed by atoms with E-state index in [9.17, 15) is 9.59 Å².